The van der Waals surface area contributed by atoms with E-state index in [0.717, 1.165) is 0 Å². The van der Waals surface area contributed by atoms with E-state index in [1.165, 1.54) is 6.20 Å². The highest BCUT2D eigenvalue weighted by Crippen LogP contribution is 2.21. The summed E-state index contributed by atoms with van der Waals surface area (Å²) in [6, 6.07) is -0.0772. The number of likely N-dealkylation sites (tertiary alicyclic amines) is 1. The van der Waals surface area contributed by atoms with Crippen molar-refractivity contribution in [2.24, 2.45) is 0 Å². The Bertz CT molecular complexity index is 648. The van der Waals surface area contributed by atoms with E-state index in [9.17, 15) is 9.59 Å². The highest BCUT2D eigenvalue weighted by Gasteiger charge is 2.30. The number of aromatic nitrogens is 2. The molecular formula is C16H23ClN4O4. The van der Waals surface area contributed by atoms with Gasteiger partial charge in [-0.25, -0.2) is 14.6 Å². The lowest BCUT2D eigenvalue weighted by molar-refractivity contribution is 0.0293. The van der Waals surface area contributed by atoms with Crippen LogP contribution in [-0.2, 0) is 9.47 Å². The van der Waals surface area contributed by atoms with Crippen molar-refractivity contribution in [3.05, 3.63) is 17.0 Å². The monoisotopic (exact) mass is 370 g/mol. The van der Waals surface area contributed by atoms with Gasteiger partial charge in [0.1, 0.15) is 17.0 Å². The highest BCUT2D eigenvalue weighted by atomic mass is 35.5. The molecule has 2 rings (SSSR count). The number of nitrogens with zero attached hydrogens (tertiary/aromatic N) is 3. The Morgan fingerprint density at radius 1 is 1.44 bits per heavy atom. The van der Waals surface area contributed by atoms with Gasteiger partial charge in [0.15, 0.2) is 0 Å². The summed E-state index contributed by atoms with van der Waals surface area (Å²) >= 11 is 5.84. The summed E-state index contributed by atoms with van der Waals surface area (Å²) in [6.07, 6.45) is 1.67. The molecule has 1 aliphatic heterocycles. The number of nitrogens with one attached hydrogen (secondary N) is 1. The van der Waals surface area contributed by atoms with Crippen LogP contribution in [0.2, 0.25) is 5.28 Å². The average Bonchev–Trinajstić information content (AvgIpc) is 2.94. The van der Waals surface area contributed by atoms with Crippen LogP contribution in [0.1, 0.15) is 44.5 Å². The van der Waals surface area contributed by atoms with E-state index in [0.29, 0.717) is 25.3 Å². The van der Waals surface area contributed by atoms with Crippen molar-refractivity contribution in [2.45, 2.75) is 45.8 Å². The number of hydrogen-bond acceptors (Lipinski definition) is 7. The molecule has 1 aliphatic rings. The molecule has 1 atom stereocenters. The molecule has 0 aromatic carbocycles. The van der Waals surface area contributed by atoms with Gasteiger partial charge in [0.2, 0.25) is 5.28 Å². The first-order valence-electron chi connectivity index (χ1n) is 8.13. The Labute approximate surface area is 151 Å². The summed E-state index contributed by atoms with van der Waals surface area (Å²) in [5, 5.41) is 3.18. The number of esters is 1. The average molecular weight is 371 g/mol. The van der Waals surface area contributed by atoms with Crippen LogP contribution in [0.4, 0.5) is 10.6 Å². The number of hydrogen-bond donors (Lipinski definition) is 1. The van der Waals surface area contributed by atoms with Crippen LogP contribution >= 0.6 is 11.6 Å². The van der Waals surface area contributed by atoms with Gasteiger partial charge in [0.25, 0.3) is 0 Å². The molecule has 2 heterocycles. The van der Waals surface area contributed by atoms with Gasteiger partial charge in [-0.1, -0.05) is 0 Å². The molecular weight excluding hydrogens is 348 g/mol. The fraction of sp³-hybridized carbons (Fsp3) is 0.625. The van der Waals surface area contributed by atoms with Gasteiger partial charge >= 0.3 is 12.1 Å². The molecule has 8 nitrogen and oxygen atoms in total. The van der Waals surface area contributed by atoms with Crippen LogP contribution in [0, 0.1) is 0 Å². The number of halogens is 1. The first-order valence-corrected chi connectivity index (χ1v) is 8.51. The summed E-state index contributed by atoms with van der Waals surface area (Å²) in [6.45, 7) is 8.44. The van der Waals surface area contributed by atoms with Gasteiger partial charge in [-0.15, -0.1) is 0 Å². The standard InChI is InChI=1S/C16H23ClN4O4/c1-5-24-13(22)11-8-18-14(17)20-12(11)19-10-6-7-21(9-10)15(23)25-16(2,3)4/h8,10H,5-7,9H2,1-4H3,(H,18,19,20). The number of amides is 1. The Balaban J connectivity index is 2.05. The highest BCUT2D eigenvalue weighted by molar-refractivity contribution is 6.28. The second-order valence-corrected chi connectivity index (χ2v) is 7.02. The summed E-state index contributed by atoms with van der Waals surface area (Å²) in [5.74, 6) is -0.224. The van der Waals surface area contributed by atoms with E-state index in [1.807, 2.05) is 20.8 Å². The molecule has 1 aromatic heterocycles. The predicted octanol–water partition coefficient (Wildman–Crippen LogP) is 2.73. The van der Waals surface area contributed by atoms with Crippen LogP contribution in [0.15, 0.2) is 6.20 Å². The van der Waals surface area contributed by atoms with Crippen LogP contribution in [0.5, 0.6) is 0 Å². The van der Waals surface area contributed by atoms with Gasteiger partial charge in [-0.3, -0.25) is 0 Å². The normalized spacial score (nSPS) is 17.3. The van der Waals surface area contributed by atoms with E-state index in [2.05, 4.69) is 15.3 Å². The van der Waals surface area contributed by atoms with Crippen molar-refractivity contribution in [1.82, 2.24) is 14.9 Å². The first kappa shape index (κ1) is 19.2. The number of anilines is 1. The Morgan fingerprint density at radius 3 is 2.80 bits per heavy atom. The van der Waals surface area contributed by atoms with Crippen LogP contribution in [0.25, 0.3) is 0 Å². The van der Waals surface area contributed by atoms with E-state index in [-0.39, 0.29) is 29.6 Å². The lowest BCUT2D eigenvalue weighted by atomic mass is 10.2. The molecule has 9 heteroatoms. The van der Waals surface area contributed by atoms with E-state index in [1.54, 1.807) is 11.8 Å². The molecule has 1 fully saturated rings. The van der Waals surface area contributed by atoms with Crippen molar-refractivity contribution in [3.63, 3.8) is 0 Å². The molecule has 1 amide bonds. The molecule has 0 saturated carbocycles. The molecule has 1 saturated heterocycles. The lowest BCUT2D eigenvalue weighted by Gasteiger charge is -2.24. The van der Waals surface area contributed by atoms with Crippen molar-refractivity contribution in [2.75, 3.05) is 25.0 Å². The SMILES string of the molecule is CCOC(=O)c1cnc(Cl)nc1NC1CCN(C(=O)OC(C)(C)C)C1. The smallest absolute Gasteiger partial charge is 0.410 e. The Kier molecular flexibility index (Phi) is 6.05. The maximum absolute atomic E-state index is 12.1. The van der Waals surface area contributed by atoms with Crippen LogP contribution in [-0.4, -0.2) is 58.3 Å². The summed E-state index contributed by atoms with van der Waals surface area (Å²) in [4.78, 5) is 33.7. The van der Waals surface area contributed by atoms with Gasteiger partial charge in [-0.05, 0) is 45.7 Å². The summed E-state index contributed by atoms with van der Waals surface area (Å²) in [7, 11) is 0. The number of rotatable bonds is 4. The minimum Gasteiger partial charge on any atom is -0.462 e. The minimum absolute atomic E-state index is 0.0255. The number of carbonyl (C=O) groups excluding carboxylic acids is 2. The lowest BCUT2D eigenvalue weighted by Crippen LogP contribution is -2.36. The largest absolute Gasteiger partial charge is 0.462 e. The minimum atomic E-state index is -0.542. The van der Waals surface area contributed by atoms with Gasteiger partial charge < -0.3 is 19.7 Å². The fourth-order valence-corrected chi connectivity index (χ4v) is 2.53. The molecule has 1 N–H and O–H groups in total. The van der Waals surface area contributed by atoms with Gasteiger partial charge in [0.05, 0.1) is 6.61 Å². The molecule has 138 valence electrons. The second-order valence-electron chi connectivity index (χ2n) is 6.68. The van der Waals surface area contributed by atoms with Gasteiger partial charge in [-0.2, -0.15) is 4.98 Å². The van der Waals surface area contributed by atoms with E-state index in [4.69, 9.17) is 21.1 Å². The van der Waals surface area contributed by atoms with Crippen molar-refractivity contribution < 1.29 is 19.1 Å². The zero-order chi connectivity index (χ0) is 18.6. The molecule has 1 unspecified atom stereocenters. The van der Waals surface area contributed by atoms with Crippen LogP contribution < -0.4 is 5.32 Å². The second kappa shape index (κ2) is 7.86. The fourth-order valence-electron chi connectivity index (χ4n) is 2.39. The molecule has 0 spiro atoms. The topological polar surface area (TPSA) is 93.6 Å². The number of carbonyl (C=O) groups is 2. The third kappa shape index (κ3) is 5.45. The van der Waals surface area contributed by atoms with Crippen LogP contribution in [0.3, 0.4) is 0 Å². The van der Waals surface area contributed by atoms with E-state index >= 15 is 0 Å². The predicted molar refractivity (Wildman–Crippen MR) is 92.8 cm³/mol. The Hall–Kier alpha value is -2.09. The van der Waals surface area contributed by atoms with Gasteiger partial charge in [0, 0.05) is 25.3 Å². The molecule has 0 radical (unpaired) electrons. The molecule has 0 aliphatic carbocycles. The maximum atomic E-state index is 12.1. The molecule has 1 aromatic rings. The third-order valence-electron chi connectivity index (χ3n) is 3.44. The third-order valence-corrected chi connectivity index (χ3v) is 3.62. The number of ether oxygens (including phenoxy) is 2. The summed E-state index contributed by atoms with van der Waals surface area (Å²) in [5.41, 5.74) is -0.332. The maximum Gasteiger partial charge on any atom is 0.410 e. The van der Waals surface area contributed by atoms with Crippen molar-refractivity contribution in [3.8, 4) is 0 Å². The Morgan fingerprint density at radius 2 is 2.16 bits per heavy atom. The zero-order valence-electron chi connectivity index (χ0n) is 14.8. The summed E-state index contributed by atoms with van der Waals surface area (Å²) < 4.78 is 10.4. The van der Waals surface area contributed by atoms with E-state index < -0.39 is 11.6 Å². The zero-order valence-corrected chi connectivity index (χ0v) is 15.6. The van der Waals surface area contributed by atoms with Crippen molar-refractivity contribution in [1.29, 1.82) is 0 Å². The first-order chi connectivity index (χ1) is 11.7. The molecule has 0 bridgehead atoms. The van der Waals surface area contributed by atoms with Crippen molar-refractivity contribution >= 4 is 29.5 Å². The quantitative estimate of drug-likeness (QED) is 0.643. The molecule has 25 heavy (non-hydrogen) atoms.